The molecular formula is C10H15N3O2. The van der Waals surface area contributed by atoms with Crippen molar-refractivity contribution in [2.75, 3.05) is 11.9 Å². The smallest absolute Gasteiger partial charge is 0.244 e. The highest BCUT2D eigenvalue weighted by Gasteiger charge is 2.29. The summed E-state index contributed by atoms with van der Waals surface area (Å²) in [5, 5.41) is 9.57. The van der Waals surface area contributed by atoms with E-state index in [4.69, 9.17) is 4.52 Å². The Morgan fingerprint density at radius 2 is 2.53 bits per heavy atom. The topological polar surface area (TPSA) is 67.2 Å². The van der Waals surface area contributed by atoms with Gasteiger partial charge in [0.15, 0.2) is 0 Å². The van der Waals surface area contributed by atoms with Crippen molar-refractivity contribution < 1.29 is 9.32 Å². The Morgan fingerprint density at radius 1 is 1.73 bits per heavy atom. The lowest BCUT2D eigenvalue weighted by Gasteiger charge is -2.13. The maximum atomic E-state index is 11.8. The number of anilines is 1. The molecular weight excluding hydrogens is 194 g/mol. The van der Waals surface area contributed by atoms with Crippen LogP contribution in [0.3, 0.4) is 0 Å². The maximum Gasteiger partial charge on any atom is 0.244 e. The summed E-state index contributed by atoms with van der Waals surface area (Å²) in [7, 11) is 0. The zero-order chi connectivity index (χ0) is 10.8. The van der Waals surface area contributed by atoms with Crippen molar-refractivity contribution in [3.05, 3.63) is 11.8 Å². The molecule has 1 aliphatic rings. The fourth-order valence-corrected chi connectivity index (χ4v) is 1.81. The maximum absolute atomic E-state index is 11.8. The van der Waals surface area contributed by atoms with Crippen molar-refractivity contribution in [1.82, 2.24) is 10.5 Å². The summed E-state index contributed by atoms with van der Waals surface area (Å²) in [5.74, 6) is 0.739. The molecule has 1 aliphatic heterocycles. The van der Waals surface area contributed by atoms with E-state index in [9.17, 15) is 4.79 Å². The van der Waals surface area contributed by atoms with Crippen LogP contribution in [0.5, 0.6) is 0 Å². The fraction of sp³-hybridized carbons (Fsp3) is 0.600. The highest BCUT2D eigenvalue weighted by molar-refractivity contribution is 5.94. The zero-order valence-electron chi connectivity index (χ0n) is 8.91. The molecule has 2 heterocycles. The van der Waals surface area contributed by atoms with Gasteiger partial charge in [0.05, 0.1) is 11.7 Å². The van der Waals surface area contributed by atoms with Gasteiger partial charge in [-0.1, -0.05) is 12.1 Å². The lowest BCUT2D eigenvalue weighted by Crippen LogP contribution is -2.38. The second-order valence-electron chi connectivity index (χ2n) is 4.02. The lowest BCUT2D eigenvalue weighted by atomic mass is 10.0. The molecule has 0 aliphatic carbocycles. The van der Waals surface area contributed by atoms with E-state index < -0.39 is 0 Å². The first-order valence-corrected chi connectivity index (χ1v) is 5.14. The number of nitrogens with one attached hydrogen (secondary N) is 2. The summed E-state index contributed by atoms with van der Waals surface area (Å²) < 4.78 is 4.92. The van der Waals surface area contributed by atoms with E-state index in [0.717, 1.165) is 18.7 Å². The summed E-state index contributed by atoms with van der Waals surface area (Å²) >= 11 is 0. The molecule has 15 heavy (non-hydrogen) atoms. The Hall–Kier alpha value is -1.36. The highest BCUT2D eigenvalue weighted by atomic mass is 16.5. The average molecular weight is 209 g/mol. The minimum atomic E-state index is -0.115. The molecule has 2 rings (SSSR count). The molecule has 1 saturated heterocycles. The van der Waals surface area contributed by atoms with Gasteiger partial charge in [-0.25, -0.2) is 0 Å². The SMILES string of the molecule is Cc1cc(NC(=O)C2NCCC2C)on1. The number of amides is 1. The predicted molar refractivity (Wildman–Crippen MR) is 55.4 cm³/mol. The van der Waals surface area contributed by atoms with Crippen LogP contribution in [0.4, 0.5) is 5.88 Å². The van der Waals surface area contributed by atoms with Gasteiger partial charge < -0.3 is 9.84 Å². The number of carbonyl (C=O) groups excluding carboxylic acids is 1. The molecule has 0 radical (unpaired) electrons. The van der Waals surface area contributed by atoms with Gasteiger partial charge in [0, 0.05) is 6.07 Å². The molecule has 0 spiro atoms. The van der Waals surface area contributed by atoms with Crippen molar-refractivity contribution in [2.45, 2.75) is 26.3 Å². The molecule has 1 amide bonds. The summed E-state index contributed by atoms with van der Waals surface area (Å²) in [6.45, 7) is 4.78. The van der Waals surface area contributed by atoms with Gasteiger partial charge in [0.1, 0.15) is 0 Å². The minimum absolute atomic E-state index is 0.0452. The summed E-state index contributed by atoms with van der Waals surface area (Å²) in [6.07, 6.45) is 1.04. The molecule has 0 saturated carbocycles. The lowest BCUT2D eigenvalue weighted by molar-refractivity contribution is -0.118. The van der Waals surface area contributed by atoms with Gasteiger partial charge in [-0.3, -0.25) is 10.1 Å². The molecule has 1 aromatic heterocycles. The minimum Gasteiger partial charge on any atom is -0.338 e. The first kappa shape index (κ1) is 10.2. The first-order valence-electron chi connectivity index (χ1n) is 5.14. The standard InChI is InChI=1S/C10H15N3O2/c1-6-3-4-11-9(6)10(14)12-8-5-7(2)13-15-8/h5-6,9,11H,3-4H2,1-2H3,(H,12,14). The van der Waals surface area contributed by atoms with Crippen molar-refractivity contribution >= 4 is 11.8 Å². The third-order valence-corrected chi connectivity index (χ3v) is 2.69. The van der Waals surface area contributed by atoms with Crippen LogP contribution in [0.2, 0.25) is 0 Å². The van der Waals surface area contributed by atoms with Crippen LogP contribution in [0, 0.1) is 12.8 Å². The van der Waals surface area contributed by atoms with E-state index in [1.54, 1.807) is 6.07 Å². The summed E-state index contributed by atoms with van der Waals surface area (Å²) in [6, 6.07) is 1.59. The molecule has 0 bridgehead atoms. The molecule has 82 valence electrons. The Bertz CT molecular complexity index is 361. The third kappa shape index (κ3) is 2.18. The Morgan fingerprint density at radius 3 is 3.07 bits per heavy atom. The van der Waals surface area contributed by atoms with Crippen LogP contribution in [-0.2, 0) is 4.79 Å². The quantitative estimate of drug-likeness (QED) is 0.760. The largest absolute Gasteiger partial charge is 0.338 e. The molecule has 1 aromatic rings. The van der Waals surface area contributed by atoms with Crippen LogP contribution in [0.25, 0.3) is 0 Å². The number of nitrogens with zero attached hydrogens (tertiary/aromatic N) is 1. The molecule has 1 fully saturated rings. The summed E-state index contributed by atoms with van der Waals surface area (Å²) in [5.41, 5.74) is 0.762. The van der Waals surface area contributed by atoms with Gasteiger partial charge in [-0.05, 0) is 25.8 Å². The average Bonchev–Trinajstić information content (AvgIpc) is 2.75. The molecule has 0 aromatic carbocycles. The monoisotopic (exact) mass is 209 g/mol. The van der Waals surface area contributed by atoms with Crippen LogP contribution in [-0.4, -0.2) is 23.7 Å². The van der Waals surface area contributed by atoms with Gasteiger partial charge >= 0.3 is 0 Å². The number of aryl methyl sites for hydroxylation is 1. The normalized spacial score (nSPS) is 25.5. The van der Waals surface area contributed by atoms with E-state index in [0.29, 0.717) is 11.8 Å². The van der Waals surface area contributed by atoms with Crippen molar-refractivity contribution in [2.24, 2.45) is 5.92 Å². The number of hydrogen-bond acceptors (Lipinski definition) is 4. The van der Waals surface area contributed by atoms with Gasteiger partial charge in [-0.15, -0.1) is 0 Å². The van der Waals surface area contributed by atoms with Gasteiger partial charge in [0.25, 0.3) is 0 Å². The number of aromatic nitrogens is 1. The Balaban J connectivity index is 1.97. The number of hydrogen-bond donors (Lipinski definition) is 2. The Labute approximate surface area is 88.2 Å². The number of carbonyl (C=O) groups is 1. The van der Waals surface area contributed by atoms with Gasteiger partial charge in [-0.2, -0.15) is 0 Å². The number of rotatable bonds is 2. The van der Waals surface area contributed by atoms with Crippen LogP contribution in [0.15, 0.2) is 10.6 Å². The first-order chi connectivity index (χ1) is 7.16. The van der Waals surface area contributed by atoms with E-state index in [2.05, 4.69) is 22.7 Å². The predicted octanol–water partition coefficient (Wildman–Crippen LogP) is 0.920. The second kappa shape index (κ2) is 4.02. The van der Waals surface area contributed by atoms with Crippen LogP contribution >= 0.6 is 0 Å². The second-order valence-corrected chi connectivity index (χ2v) is 4.02. The van der Waals surface area contributed by atoms with E-state index in [-0.39, 0.29) is 11.9 Å². The Kier molecular flexibility index (Phi) is 2.73. The molecule has 2 unspecified atom stereocenters. The van der Waals surface area contributed by atoms with Crippen molar-refractivity contribution in [3.63, 3.8) is 0 Å². The third-order valence-electron chi connectivity index (χ3n) is 2.69. The molecule has 2 N–H and O–H groups in total. The molecule has 2 atom stereocenters. The molecule has 5 nitrogen and oxygen atoms in total. The van der Waals surface area contributed by atoms with Crippen molar-refractivity contribution in [1.29, 1.82) is 0 Å². The van der Waals surface area contributed by atoms with E-state index in [1.165, 1.54) is 0 Å². The summed E-state index contributed by atoms with van der Waals surface area (Å²) in [4.78, 5) is 11.8. The van der Waals surface area contributed by atoms with Crippen LogP contribution < -0.4 is 10.6 Å². The molecule has 5 heteroatoms. The van der Waals surface area contributed by atoms with Gasteiger partial charge in [0.2, 0.25) is 11.8 Å². The highest BCUT2D eigenvalue weighted by Crippen LogP contribution is 2.16. The van der Waals surface area contributed by atoms with E-state index in [1.807, 2.05) is 6.92 Å². The van der Waals surface area contributed by atoms with Crippen LogP contribution in [0.1, 0.15) is 19.0 Å². The van der Waals surface area contributed by atoms with E-state index >= 15 is 0 Å². The van der Waals surface area contributed by atoms with Crippen molar-refractivity contribution in [3.8, 4) is 0 Å². The fourth-order valence-electron chi connectivity index (χ4n) is 1.81. The zero-order valence-corrected chi connectivity index (χ0v) is 8.91.